The summed E-state index contributed by atoms with van der Waals surface area (Å²) < 4.78 is 5.01. The van der Waals surface area contributed by atoms with Crippen molar-refractivity contribution < 1.29 is 9.53 Å². The second kappa shape index (κ2) is 2.60. The second-order valence-corrected chi connectivity index (χ2v) is 4.84. The number of carbonyl (C=O) groups excluding carboxylic acids is 1. The SMILES string of the molecule is C=C1C(OC=O)CC2CC1C2(C)C. The molecule has 3 saturated carbocycles. The van der Waals surface area contributed by atoms with Gasteiger partial charge in [-0.25, -0.2) is 0 Å². The molecular formula is C11H16O2. The predicted molar refractivity (Wildman–Crippen MR) is 50.1 cm³/mol. The largest absolute Gasteiger partial charge is 0.460 e. The highest BCUT2D eigenvalue weighted by atomic mass is 16.5. The number of hydrogen-bond acceptors (Lipinski definition) is 2. The smallest absolute Gasteiger partial charge is 0.293 e. The first kappa shape index (κ1) is 8.79. The zero-order valence-electron chi connectivity index (χ0n) is 8.25. The Morgan fingerprint density at radius 2 is 2.23 bits per heavy atom. The molecule has 3 aliphatic rings. The molecule has 2 nitrogen and oxygen atoms in total. The van der Waals surface area contributed by atoms with Crippen LogP contribution in [0.5, 0.6) is 0 Å². The van der Waals surface area contributed by atoms with E-state index in [1.807, 2.05) is 0 Å². The summed E-state index contributed by atoms with van der Waals surface area (Å²) in [4.78, 5) is 10.2. The van der Waals surface area contributed by atoms with E-state index in [0.29, 0.717) is 23.7 Å². The lowest BCUT2D eigenvalue weighted by Gasteiger charge is -2.59. The minimum atomic E-state index is -0.00530. The monoisotopic (exact) mass is 180 g/mol. The van der Waals surface area contributed by atoms with Crippen molar-refractivity contribution in [2.75, 3.05) is 0 Å². The maximum absolute atomic E-state index is 10.2. The Hall–Kier alpha value is -0.790. The van der Waals surface area contributed by atoms with E-state index in [-0.39, 0.29) is 6.10 Å². The third-order valence-electron chi connectivity index (χ3n) is 4.05. The highest BCUT2D eigenvalue weighted by Gasteiger charge is 2.55. The molecule has 0 aromatic carbocycles. The van der Waals surface area contributed by atoms with E-state index in [1.54, 1.807) is 0 Å². The summed E-state index contributed by atoms with van der Waals surface area (Å²) >= 11 is 0. The van der Waals surface area contributed by atoms with Crippen LogP contribution in [0.25, 0.3) is 0 Å². The fourth-order valence-electron chi connectivity index (χ4n) is 2.89. The Balaban J connectivity index is 2.12. The minimum absolute atomic E-state index is 0.00530. The van der Waals surface area contributed by atoms with Crippen LogP contribution in [-0.2, 0) is 9.53 Å². The lowest BCUT2D eigenvalue weighted by Crippen LogP contribution is -2.53. The molecule has 72 valence electrons. The Morgan fingerprint density at radius 1 is 1.54 bits per heavy atom. The summed E-state index contributed by atoms with van der Waals surface area (Å²) in [5.74, 6) is 1.28. The maximum atomic E-state index is 10.2. The summed E-state index contributed by atoms with van der Waals surface area (Å²) in [6.45, 7) is 9.17. The van der Waals surface area contributed by atoms with Crippen LogP contribution < -0.4 is 0 Å². The Bertz CT molecular complexity index is 255. The summed E-state index contributed by atoms with van der Waals surface area (Å²) in [5, 5.41) is 0. The van der Waals surface area contributed by atoms with Gasteiger partial charge in [-0.15, -0.1) is 0 Å². The zero-order valence-corrected chi connectivity index (χ0v) is 8.25. The van der Waals surface area contributed by atoms with Crippen molar-refractivity contribution in [3.05, 3.63) is 12.2 Å². The van der Waals surface area contributed by atoms with Crippen molar-refractivity contribution in [3.8, 4) is 0 Å². The van der Waals surface area contributed by atoms with Crippen molar-refractivity contribution in [1.82, 2.24) is 0 Å². The number of rotatable bonds is 2. The zero-order chi connectivity index (χ0) is 9.64. The lowest BCUT2D eigenvalue weighted by molar-refractivity contribution is -0.141. The first-order chi connectivity index (χ1) is 6.07. The highest BCUT2D eigenvalue weighted by molar-refractivity contribution is 5.40. The third kappa shape index (κ3) is 1.04. The van der Waals surface area contributed by atoms with Gasteiger partial charge in [0.05, 0.1) is 0 Å². The molecule has 13 heavy (non-hydrogen) atoms. The fraction of sp³-hybridized carbons (Fsp3) is 0.727. The van der Waals surface area contributed by atoms with E-state index in [4.69, 9.17) is 4.74 Å². The van der Waals surface area contributed by atoms with Crippen LogP contribution in [0.2, 0.25) is 0 Å². The molecule has 0 amide bonds. The molecule has 3 rings (SSSR count). The fourth-order valence-corrected chi connectivity index (χ4v) is 2.89. The highest BCUT2D eigenvalue weighted by Crippen LogP contribution is 2.61. The molecule has 3 unspecified atom stereocenters. The van der Waals surface area contributed by atoms with Gasteiger partial charge in [0, 0.05) is 0 Å². The van der Waals surface area contributed by atoms with Gasteiger partial charge in [0.1, 0.15) is 6.10 Å². The Morgan fingerprint density at radius 3 is 2.69 bits per heavy atom. The minimum Gasteiger partial charge on any atom is -0.460 e. The molecule has 2 heteroatoms. The Labute approximate surface area is 79.0 Å². The summed E-state index contributed by atoms with van der Waals surface area (Å²) in [6.07, 6.45) is 2.21. The van der Waals surface area contributed by atoms with Gasteiger partial charge in [0.2, 0.25) is 0 Å². The van der Waals surface area contributed by atoms with Gasteiger partial charge in [0.15, 0.2) is 0 Å². The molecule has 0 heterocycles. The standard InChI is InChI=1S/C11H16O2/c1-7-9-4-8(11(9,2)3)5-10(7)13-6-12/h6,8-10H,1,4-5H2,2-3H3. The van der Waals surface area contributed by atoms with E-state index in [2.05, 4.69) is 20.4 Å². The molecule has 0 aromatic heterocycles. The lowest BCUT2D eigenvalue weighted by atomic mass is 9.47. The van der Waals surface area contributed by atoms with Crippen LogP contribution in [-0.4, -0.2) is 12.6 Å². The first-order valence-corrected chi connectivity index (χ1v) is 4.85. The molecule has 0 saturated heterocycles. The molecule has 3 aliphatic carbocycles. The first-order valence-electron chi connectivity index (χ1n) is 4.85. The van der Waals surface area contributed by atoms with Crippen molar-refractivity contribution in [2.45, 2.75) is 32.8 Å². The average Bonchev–Trinajstić information content (AvgIpc) is 2.08. The van der Waals surface area contributed by atoms with Crippen molar-refractivity contribution in [1.29, 1.82) is 0 Å². The van der Waals surface area contributed by atoms with E-state index >= 15 is 0 Å². The van der Waals surface area contributed by atoms with Crippen LogP contribution in [0.4, 0.5) is 0 Å². The molecular weight excluding hydrogens is 164 g/mol. The molecule has 0 spiro atoms. The molecule has 3 fully saturated rings. The van der Waals surface area contributed by atoms with Gasteiger partial charge in [-0.3, -0.25) is 4.79 Å². The van der Waals surface area contributed by atoms with Crippen LogP contribution >= 0.6 is 0 Å². The van der Waals surface area contributed by atoms with E-state index in [0.717, 1.165) is 12.0 Å². The summed E-state index contributed by atoms with van der Waals surface area (Å²) in [7, 11) is 0. The van der Waals surface area contributed by atoms with Gasteiger partial charge in [0.25, 0.3) is 6.47 Å². The van der Waals surface area contributed by atoms with Gasteiger partial charge in [-0.1, -0.05) is 20.4 Å². The molecule has 3 atom stereocenters. The van der Waals surface area contributed by atoms with Crippen molar-refractivity contribution in [3.63, 3.8) is 0 Å². The molecule has 2 bridgehead atoms. The summed E-state index contributed by atoms with van der Waals surface area (Å²) in [5.41, 5.74) is 1.51. The predicted octanol–water partition coefficient (Wildman–Crippen LogP) is 2.15. The number of hydrogen-bond donors (Lipinski definition) is 0. The third-order valence-corrected chi connectivity index (χ3v) is 4.05. The molecule has 0 aromatic rings. The van der Waals surface area contributed by atoms with Crippen molar-refractivity contribution in [2.24, 2.45) is 17.3 Å². The summed E-state index contributed by atoms with van der Waals surface area (Å²) in [6, 6.07) is 0. The average molecular weight is 180 g/mol. The van der Waals surface area contributed by atoms with Gasteiger partial charge >= 0.3 is 0 Å². The number of ether oxygens (including phenoxy) is 1. The van der Waals surface area contributed by atoms with Crippen LogP contribution in [0.1, 0.15) is 26.7 Å². The van der Waals surface area contributed by atoms with Crippen molar-refractivity contribution >= 4 is 6.47 Å². The van der Waals surface area contributed by atoms with Crippen LogP contribution in [0, 0.1) is 17.3 Å². The molecule has 0 aliphatic heterocycles. The normalized spacial score (nSPS) is 40.8. The van der Waals surface area contributed by atoms with E-state index in [1.165, 1.54) is 6.42 Å². The topological polar surface area (TPSA) is 26.3 Å². The van der Waals surface area contributed by atoms with E-state index < -0.39 is 0 Å². The van der Waals surface area contributed by atoms with E-state index in [9.17, 15) is 4.79 Å². The molecule has 0 radical (unpaired) electrons. The number of carbonyl (C=O) groups is 1. The Kier molecular flexibility index (Phi) is 1.76. The quantitative estimate of drug-likeness (QED) is 0.481. The van der Waals surface area contributed by atoms with Gasteiger partial charge in [-0.2, -0.15) is 0 Å². The number of fused-ring (bicyclic) bond motifs is 2. The molecule has 0 N–H and O–H groups in total. The maximum Gasteiger partial charge on any atom is 0.293 e. The second-order valence-electron chi connectivity index (χ2n) is 4.84. The van der Waals surface area contributed by atoms with Gasteiger partial charge < -0.3 is 4.74 Å². The van der Waals surface area contributed by atoms with Crippen LogP contribution in [0.3, 0.4) is 0 Å². The van der Waals surface area contributed by atoms with Gasteiger partial charge in [-0.05, 0) is 35.7 Å². The van der Waals surface area contributed by atoms with Crippen LogP contribution in [0.15, 0.2) is 12.2 Å².